The first-order valence-electron chi connectivity index (χ1n) is 3.93. The number of rotatable bonds is 2. The van der Waals surface area contributed by atoms with E-state index >= 15 is 0 Å². The summed E-state index contributed by atoms with van der Waals surface area (Å²) in [7, 11) is 0. The molecular formula is C8H9NO4. The van der Waals surface area contributed by atoms with E-state index in [0.717, 1.165) is 0 Å². The lowest BCUT2D eigenvalue weighted by Gasteiger charge is -2.17. The molecule has 0 aromatic heterocycles. The zero-order valence-electron chi connectivity index (χ0n) is 6.68. The van der Waals surface area contributed by atoms with Gasteiger partial charge in [0.1, 0.15) is 5.54 Å². The Morgan fingerprint density at radius 2 is 2.00 bits per heavy atom. The SMILES string of the molecule is N[C@]1(C(=O)O)C=C[C@H]2[C@H](C(=O)O)[C@H]21. The molecule has 0 bridgehead atoms. The second-order valence-electron chi connectivity index (χ2n) is 3.56. The van der Waals surface area contributed by atoms with Crippen LogP contribution in [0.3, 0.4) is 0 Å². The van der Waals surface area contributed by atoms with Gasteiger partial charge in [-0.3, -0.25) is 4.79 Å². The Bertz CT molecular complexity index is 324. The Kier molecular flexibility index (Phi) is 1.34. The van der Waals surface area contributed by atoms with Gasteiger partial charge in [-0.1, -0.05) is 12.2 Å². The highest BCUT2D eigenvalue weighted by atomic mass is 16.4. The molecule has 5 nitrogen and oxygen atoms in total. The molecule has 0 heterocycles. The minimum Gasteiger partial charge on any atom is -0.481 e. The molecule has 2 aliphatic rings. The van der Waals surface area contributed by atoms with Crippen molar-refractivity contribution in [2.75, 3.05) is 0 Å². The molecule has 0 amide bonds. The molecule has 0 saturated heterocycles. The summed E-state index contributed by atoms with van der Waals surface area (Å²) in [6, 6.07) is 0. The number of carboxylic acids is 2. The molecule has 2 rings (SSSR count). The molecule has 0 unspecified atom stereocenters. The van der Waals surface area contributed by atoms with Gasteiger partial charge in [0.25, 0.3) is 0 Å². The molecule has 4 atom stereocenters. The second kappa shape index (κ2) is 2.11. The molecule has 70 valence electrons. The largest absolute Gasteiger partial charge is 0.481 e. The van der Waals surface area contributed by atoms with Crippen molar-refractivity contribution >= 4 is 11.9 Å². The number of hydrogen-bond donors (Lipinski definition) is 3. The van der Waals surface area contributed by atoms with E-state index in [0.29, 0.717) is 0 Å². The van der Waals surface area contributed by atoms with Gasteiger partial charge in [-0.15, -0.1) is 0 Å². The van der Waals surface area contributed by atoms with Gasteiger partial charge >= 0.3 is 11.9 Å². The standard InChI is InChI=1S/C8H9NO4/c9-8(7(12)13)2-1-3-4(5(3)8)6(10)11/h1-5H,9H2,(H,10,11)(H,12,13)/t3-,4-,5-,8+/m0/s1. The summed E-state index contributed by atoms with van der Waals surface area (Å²) in [6.45, 7) is 0. The van der Waals surface area contributed by atoms with Crippen LogP contribution in [0, 0.1) is 17.8 Å². The third kappa shape index (κ3) is 0.846. The predicted octanol–water partition coefficient (Wildman–Crippen LogP) is -0.715. The van der Waals surface area contributed by atoms with Crippen molar-refractivity contribution in [2.24, 2.45) is 23.5 Å². The lowest BCUT2D eigenvalue weighted by molar-refractivity contribution is -0.143. The van der Waals surface area contributed by atoms with Crippen LogP contribution in [0.25, 0.3) is 0 Å². The normalized spacial score (nSPS) is 45.8. The maximum absolute atomic E-state index is 10.8. The third-order valence-corrected chi connectivity index (χ3v) is 2.88. The predicted molar refractivity (Wildman–Crippen MR) is 41.8 cm³/mol. The maximum Gasteiger partial charge on any atom is 0.328 e. The van der Waals surface area contributed by atoms with Crippen LogP contribution in [-0.4, -0.2) is 27.7 Å². The first-order chi connectivity index (χ1) is 5.98. The highest BCUT2D eigenvalue weighted by Crippen LogP contribution is 2.57. The number of carbonyl (C=O) groups is 2. The highest BCUT2D eigenvalue weighted by Gasteiger charge is 2.67. The second-order valence-corrected chi connectivity index (χ2v) is 3.56. The van der Waals surface area contributed by atoms with Crippen molar-refractivity contribution in [2.45, 2.75) is 5.54 Å². The number of allylic oxidation sites excluding steroid dienone is 1. The van der Waals surface area contributed by atoms with Crippen molar-refractivity contribution in [3.63, 3.8) is 0 Å². The van der Waals surface area contributed by atoms with Crippen LogP contribution in [0.5, 0.6) is 0 Å². The van der Waals surface area contributed by atoms with E-state index < -0.39 is 29.3 Å². The first kappa shape index (κ1) is 8.25. The van der Waals surface area contributed by atoms with Crippen molar-refractivity contribution < 1.29 is 19.8 Å². The Balaban J connectivity index is 2.26. The van der Waals surface area contributed by atoms with E-state index in [1.807, 2.05) is 0 Å². The Morgan fingerprint density at radius 3 is 2.38 bits per heavy atom. The van der Waals surface area contributed by atoms with Gasteiger partial charge < -0.3 is 15.9 Å². The van der Waals surface area contributed by atoms with Gasteiger partial charge in [0.2, 0.25) is 0 Å². The van der Waals surface area contributed by atoms with Crippen LogP contribution < -0.4 is 5.73 Å². The fourth-order valence-electron chi connectivity index (χ4n) is 2.10. The Hall–Kier alpha value is -1.36. The maximum atomic E-state index is 10.8. The van der Waals surface area contributed by atoms with Crippen molar-refractivity contribution in [3.8, 4) is 0 Å². The van der Waals surface area contributed by atoms with E-state index in [1.165, 1.54) is 6.08 Å². The topological polar surface area (TPSA) is 101 Å². The number of nitrogens with two attached hydrogens (primary N) is 1. The summed E-state index contributed by atoms with van der Waals surface area (Å²) in [4.78, 5) is 21.4. The quantitative estimate of drug-likeness (QED) is 0.491. The van der Waals surface area contributed by atoms with Crippen LogP contribution >= 0.6 is 0 Å². The summed E-state index contributed by atoms with van der Waals surface area (Å²) in [5.74, 6) is -3.36. The fourth-order valence-corrected chi connectivity index (χ4v) is 2.10. The molecule has 4 N–H and O–H groups in total. The number of hydrogen-bond acceptors (Lipinski definition) is 3. The van der Waals surface area contributed by atoms with Crippen molar-refractivity contribution in [3.05, 3.63) is 12.2 Å². The molecule has 13 heavy (non-hydrogen) atoms. The zero-order chi connectivity index (χ0) is 9.80. The summed E-state index contributed by atoms with van der Waals surface area (Å²) in [5, 5.41) is 17.5. The Labute approximate surface area is 73.8 Å². The Morgan fingerprint density at radius 1 is 1.38 bits per heavy atom. The molecule has 0 aromatic carbocycles. The number of fused-ring (bicyclic) bond motifs is 1. The van der Waals surface area contributed by atoms with E-state index in [9.17, 15) is 9.59 Å². The van der Waals surface area contributed by atoms with Crippen molar-refractivity contribution in [1.29, 1.82) is 0 Å². The minimum absolute atomic E-state index is 0.182. The van der Waals surface area contributed by atoms with E-state index in [2.05, 4.69) is 0 Å². The molecule has 0 aliphatic heterocycles. The summed E-state index contributed by atoms with van der Waals surface area (Å²) >= 11 is 0. The van der Waals surface area contributed by atoms with Crippen LogP contribution in [0.15, 0.2) is 12.2 Å². The molecule has 1 saturated carbocycles. The average molecular weight is 183 g/mol. The monoisotopic (exact) mass is 183 g/mol. The minimum atomic E-state index is -1.46. The first-order valence-corrected chi connectivity index (χ1v) is 3.93. The van der Waals surface area contributed by atoms with Gasteiger partial charge in [-0.2, -0.15) is 0 Å². The highest BCUT2D eigenvalue weighted by molar-refractivity contribution is 5.88. The van der Waals surface area contributed by atoms with Crippen LogP contribution in [0.2, 0.25) is 0 Å². The van der Waals surface area contributed by atoms with E-state index in [-0.39, 0.29) is 5.92 Å². The van der Waals surface area contributed by atoms with Crippen LogP contribution in [0.4, 0.5) is 0 Å². The molecule has 0 radical (unpaired) electrons. The molecule has 1 fully saturated rings. The fraction of sp³-hybridized carbons (Fsp3) is 0.500. The lowest BCUT2D eigenvalue weighted by Crippen LogP contribution is -2.48. The average Bonchev–Trinajstić information content (AvgIpc) is 2.66. The molecule has 0 aromatic rings. The van der Waals surface area contributed by atoms with Crippen LogP contribution in [-0.2, 0) is 9.59 Å². The molecule has 5 heteroatoms. The smallest absolute Gasteiger partial charge is 0.328 e. The van der Waals surface area contributed by atoms with Crippen LogP contribution in [0.1, 0.15) is 0 Å². The van der Waals surface area contributed by atoms with E-state index in [1.54, 1.807) is 6.08 Å². The number of aliphatic carboxylic acids is 2. The van der Waals surface area contributed by atoms with Gasteiger partial charge in [0.05, 0.1) is 5.92 Å². The summed E-state index contributed by atoms with van der Waals surface area (Å²) in [5.41, 5.74) is 4.10. The number of carboxylic acid groups (broad SMARTS) is 2. The van der Waals surface area contributed by atoms with Gasteiger partial charge in [-0.05, 0) is 5.92 Å². The lowest BCUT2D eigenvalue weighted by atomic mass is 9.95. The van der Waals surface area contributed by atoms with Crippen molar-refractivity contribution in [1.82, 2.24) is 0 Å². The molecule has 2 aliphatic carbocycles. The molecule has 0 spiro atoms. The van der Waals surface area contributed by atoms with Gasteiger partial charge in [0.15, 0.2) is 0 Å². The van der Waals surface area contributed by atoms with Gasteiger partial charge in [0, 0.05) is 5.92 Å². The zero-order valence-corrected chi connectivity index (χ0v) is 6.68. The third-order valence-electron chi connectivity index (χ3n) is 2.88. The van der Waals surface area contributed by atoms with Gasteiger partial charge in [-0.25, -0.2) is 4.79 Å². The van der Waals surface area contributed by atoms with E-state index in [4.69, 9.17) is 15.9 Å². The summed E-state index contributed by atoms with van der Waals surface area (Å²) in [6.07, 6.45) is 2.99. The molecular weight excluding hydrogens is 174 g/mol. The summed E-state index contributed by atoms with van der Waals surface area (Å²) < 4.78 is 0.